The van der Waals surface area contributed by atoms with E-state index in [9.17, 15) is 14.7 Å². The van der Waals surface area contributed by atoms with Crippen molar-refractivity contribution < 1.29 is 19.8 Å². The Labute approximate surface area is 122 Å². The first-order valence-electron chi connectivity index (χ1n) is 6.86. The number of likely N-dealkylation sites (tertiary alicyclic amines) is 1. The van der Waals surface area contributed by atoms with Crippen molar-refractivity contribution >= 4 is 12.0 Å². The maximum atomic E-state index is 12.0. The number of nitrogens with one attached hydrogen (secondary N) is 1. The molecule has 0 radical (unpaired) electrons. The molecule has 3 N–H and O–H groups in total. The molecule has 1 aliphatic heterocycles. The van der Waals surface area contributed by atoms with Gasteiger partial charge in [0.15, 0.2) is 0 Å². The number of aliphatic hydroxyl groups excluding tert-OH is 1. The third-order valence-electron chi connectivity index (χ3n) is 3.68. The number of amides is 2. The number of rotatable bonds is 4. The number of pyridine rings is 1. The Bertz CT molecular complexity index is 515. The molecule has 2 rings (SSSR count). The SMILES string of the molecule is CC(O)C1CCN(C(=O)NCc2ccc(C(=O)O)nc2)C1. The first-order chi connectivity index (χ1) is 9.97. The van der Waals surface area contributed by atoms with Gasteiger partial charge < -0.3 is 20.4 Å². The number of aliphatic hydroxyl groups is 1. The van der Waals surface area contributed by atoms with Crippen molar-refractivity contribution in [3.63, 3.8) is 0 Å². The highest BCUT2D eigenvalue weighted by atomic mass is 16.4. The van der Waals surface area contributed by atoms with Crippen molar-refractivity contribution in [3.05, 3.63) is 29.6 Å². The molecule has 21 heavy (non-hydrogen) atoms. The molecule has 1 aromatic heterocycles. The summed E-state index contributed by atoms with van der Waals surface area (Å²) in [7, 11) is 0. The summed E-state index contributed by atoms with van der Waals surface area (Å²) in [5.74, 6) is -0.945. The van der Waals surface area contributed by atoms with Gasteiger partial charge in [-0.1, -0.05) is 6.07 Å². The van der Waals surface area contributed by atoms with Gasteiger partial charge in [0.1, 0.15) is 5.69 Å². The Morgan fingerprint density at radius 1 is 1.52 bits per heavy atom. The van der Waals surface area contributed by atoms with Crippen molar-refractivity contribution in [2.45, 2.75) is 26.0 Å². The largest absolute Gasteiger partial charge is 0.477 e. The van der Waals surface area contributed by atoms with Crippen LogP contribution in [-0.4, -0.2) is 51.3 Å². The normalized spacial score (nSPS) is 19.3. The highest BCUT2D eigenvalue weighted by Crippen LogP contribution is 2.19. The van der Waals surface area contributed by atoms with E-state index in [0.717, 1.165) is 12.0 Å². The van der Waals surface area contributed by atoms with Crippen LogP contribution in [0.15, 0.2) is 18.3 Å². The number of aromatic nitrogens is 1. The molecule has 0 bridgehead atoms. The molecule has 0 aliphatic carbocycles. The average molecular weight is 293 g/mol. The number of aromatic carboxylic acids is 1. The highest BCUT2D eigenvalue weighted by molar-refractivity contribution is 5.85. The lowest BCUT2D eigenvalue weighted by molar-refractivity contribution is 0.0690. The molecule has 2 atom stereocenters. The topological polar surface area (TPSA) is 103 Å². The fourth-order valence-electron chi connectivity index (χ4n) is 2.31. The van der Waals surface area contributed by atoms with E-state index in [0.29, 0.717) is 19.6 Å². The number of carboxylic acid groups (broad SMARTS) is 1. The van der Waals surface area contributed by atoms with Gasteiger partial charge in [-0.15, -0.1) is 0 Å². The van der Waals surface area contributed by atoms with Crippen molar-refractivity contribution in [1.29, 1.82) is 0 Å². The molecule has 0 saturated carbocycles. The minimum Gasteiger partial charge on any atom is -0.477 e. The lowest BCUT2D eigenvalue weighted by atomic mass is 10.0. The van der Waals surface area contributed by atoms with E-state index >= 15 is 0 Å². The fraction of sp³-hybridized carbons (Fsp3) is 0.500. The van der Waals surface area contributed by atoms with Crippen LogP contribution in [0.3, 0.4) is 0 Å². The van der Waals surface area contributed by atoms with Crippen LogP contribution >= 0.6 is 0 Å². The minimum atomic E-state index is -1.08. The summed E-state index contributed by atoms with van der Waals surface area (Å²) in [6.45, 7) is 3.22. The standard InChI is InChI=1S/C14H19N3O4/c1-9(18)11-4-5-17(8-11)14(21)16-7-10-2-3-12(13(19)20)15-6-10/h2-3,6,9,11,18H,4-5,7-8H2,1H3,(H,16,21)(H,19,20). The Morgan fingerprint density at radius 3 is 2.81 bits per heavy atom. The molecule has 1 aliphatic rings. The fourth-order valence-corrected chi connectivity index (χ4v) is 2.31. The Hall–Kier alpha value is -2.15. The molecule has 114 valence electrons. The predicted molar refractivity (Wildman–Crippen MR) is 74.8 cm³/mol. The average Bonchev–Trinajstić information content (AvgIpc) is 2.95. The van der Waals surface area contributed by atoms with Crippen LogP contribution in [0.2, 0.25) is 0 Å². The van der Waals surface area contributed by atoms with E-state index in [1.165, 1.54) is 12.3 Å². The van der Waals surface area contributed by atoms with Crippen molar-refractivity contribution in [3.8, 4) is 0 Å². The van der Waals surface area contributed by atoms with Crippen LogP contribution in [0.5, 0.6) is 0 Å². The van der Waals surface area contributed by atoms with E-state index < -0.39 is 12.1 Å². The zero-order chi connectivity index (χ0) is 15.4. The molecule has 7 heteroatoms. The molecular weight excluding hydrogens is 274 g/mol. The second-order valence-electron chi connectivity index (χ2n) is 5.25. The number of carboxylic acids is 1. The Balaban J connectivity index is 1.83. The summed E-state index contributed by atoms with van der Waals surface area (Å²) in [4.78, 5) is 28.1. The van der Waals surface area contributed by atoms with Gasteiger partial charge in [-0.25, -0.2) is 14.6 Å². The number of carbonyl (C=O) groups is 2. The van der Waals surface area contributed by atoms with Crippen molar-refractivity contribution in [1.82, 2.24) is 15.2 Å². The maximum absolute atomic E-state index is 12.0. The highest BCUT2D eigenvalue weighted by Gasteiger charge is 2.28. The summed E-state index contributed by atoms with van der Waals surface area (Å²) < 4.78 is 0. The first-order valence-corrected chi connectivity index (χ1v) is 6.86. The van der Waals surface area contributed by atoms with Crippen LogP contribution in [-0.2, 0) is 6.54 Å². The summed E-state index contributed by atoms with van der Waals surface area (Å²) in [5.41, 5.74) is 0.712. The molecule has 2 heterocycles. The van der Waals surface area contributed by atoms with Gasteiger partial charge in [-0.3, -0.25) is 0 Å². The summed E-state index contributed by atoms with van der Waals surface area (Å²) in [5, 5.41) is 21.0. The van der Waals surface area contributed by atoms with E-state index in [2.05, 4.69) is 10.3 Å². The molecule has 1 fully saturated rings. The summed E-state index contributed by atoms with van der Waals surface area (Å²) >= 11 is 0. The number of carbonyl (C=O) groups excluding carboxylic acids is 1. The number of urea groups is 1. The van der Waals surface area contributed by atoms with Gasteiger partial charge in [-0.05, 0) is 25.0 Å². The first kappa shape index (κ1) is 15.2. The second kappa shape index (κ2) is 6.53. The predicted octanol–water partition coefficient (Wildman–Crippen LogP) is 0.692. The van der Waals surface area contributed by atoms with Crippen LogP contribution in [0, 0.1) is 5.92 Å². The monoisotopic (exact) mass is 293 g/mol. The van der Waals surface area contributed by atoms with Gasteiger partial charge >= 0.3 is 12.0 Å². The zero-order valence-corrected chi connectivity index (χ0v) is 11.8. The Kier molecular flexibility index (Phi) is 4.74. The van der Waals surface area contributed by atoms with E-state index in [-0.39, 0.29) is 17.6 Å². The molecule has 1 saturated heterocycles. The molecule has 2 amide bonds. The lowest BCUT2D eigenvalue weighted by Gasteiger charge is -2.18. The van der Waals surface area contributed by atoms with Gasteiger partial charge in [0.2, 0.25) is 0 Å². The van der Waals surface area contributed by atoms with Crippen molar-refractivity contribution in [2.24, 2.45) is 5.92 Å². The maximum Gasteiger partial charge on any atom is 0.354 e. The third kappa shape index (κ3) is 3.91. The summed E-state index contributed by atoms with van der Waals surface area (Å²) in [6, 6.07) is 2.85. The van der Waals surface area contributed by atoms with Crippen molar-refractivity contribution in [2.75, 3.05) is 13.1 Å². The quantitative estimate of drug-likeness (QED) is 0.758. The van der Waals surface area contributed by atoms with E-state index in [1.54, 1.807) is 17.9 Å². The van der Waals surface area contributed by atoms with Crippen LogP contribution in [0.25, 0.3) is 0 Å². The molecule has 1 aromatic rings. The molecular formula is C14H19N3O4. The van der Waals surface area contributed by atoms with Gasteiger partial charge in [0.25, 0.3) is 0 Å². The van der Waals surface area contributed by atoms with Gasteiger partial charge in [0, 0.05) is 31.7 Å². The molecule has 0 spiro atoms. The smallest absolute Gasteiger partial charge is 0.354 e. The molecule has 2 unspecified atom stereocenters. The van der Waals surface area contributed by atoms with Gasteiger partial charge in [0.05, 0.1) is 6.10 Å². The minimum absolute atomic E-state index is 0.0237. The van der Waals surface area contributed by atoms with Crippen LogP contribution < -0.4 is 5.32 Å². The van der Waals surface area contributed by atoms with Gasteiger partial charge in [-0.2, -0.15) is 0 Å². The van der Waals surface area contributed by atoms with Crippen LogP contribution in [0.4, 0.5) is 4.79 Å². The second-order valence-corrected chi connectivity index (χ2v) is 5.25. The molecule has 7 nitrogen and oxygen atoms in total. The number of hydrogen-bond acceptors (Lipinski definition) is 4. The third-order valence-corrected chi connectivity index (χ3v) is 3.68. The van der Waals surface area contributed by atoms with Crippen LogP contribution in [0.1, 0.15) is 29.4 Å². The number of hydrogen-bond donors (Lipinski definition) is 3. The number of nitrogens with zero attached hydrogens (tertiary/aromatic N) is 2. The zero-order valence-electron chi connectivity index (χ0n) is 11.8. The van der Waals surface area contributed by atoms with E-state index in [1.807, 2.05) is 0 Å². The lowest BCUT2D eigenvalue weighted by Crippen LogP contribution is -2.38. The Morgan fingerprint density at radius 2 is 2.29 bits per heavy atom. The molecule has 0 aromatic carbocycles. The summed E-state index contributed by atoms with van der Waals surface area (Å²) in [6.07, 6.45) is 1.84. The van der Waals surface area contributed by atoms with E-state index in [4.69, 9.17) is 5.11 Å².